The molecular formula is C24H38N4O5. The van der Waals surface area contributed by atoms with E-state index >= 15 is 0 Å². The zero-order valence-corrected chi connectivity index (χ0v) is 19.9. The first kappa shape index (κ1) is 26.6. The van der Waals surface area contributed by atoms with Gasteiger partial charge in [0.25, 0.3) is 0 Å². The highest BCUT2D eigenvalue weighted by Gasteiger charge is 2.47. The molecule has 0 radical (unpaired) electrons. The number of amides is 3. The number of nitrogens with two attached hydrogens (primary N) is 1. The summed E-state index contributed by atoms with van der Waals surface area (Å²) in [7, 11) is 1.61. The Balaban J connectivity index is 0.00000187. The van der Waals surface area contributed by atoms with Gasteiger partial charge in [0.05, 0.1) is 13.7 Å². The Kier molecular flexibility index (Phi) is 10.6. The van der Waals surface area contributed by atoms with E-state index in [1.165, 1.54) is 0 Å². The van der Waals surface area contributed by atoms with E-state index in [0.29, 0.717) is 32.2 Å². The van der Waals surface area contributed by atoms with Crippen LogP contribution in [-0.4, -0.2) is 72.7 Å². The third-order valence-corrected chi connectivity index (χ3v) is 6.28. The predicted molar refractivity (Wildman–Crippen MR) is 126 cm³/mol. The Morgan fingerprint density at radius 2 is 1.82 bits per heavy atom. The van der Waals surface area contributed by atoms with Crippen molar-refractivity contribution in [3.63, 3.8) is 0 Å². The smallest absolute Gasteiger partial charge is 0.246 e. The lowest BCUT2D eigenvalue weighted by molar-refractivity contribution is -0.143. The third-order valence-electron chi connectivity index (χ3n) is 6.28. The zero-order valence-electron chi connectivity index (χ0n) is 19.9. The fourth-order valence-corrected chi connectivity index (χ4v) is 4.54. The van der Waals surface area contributed by atoms with Crippen LogP contribution in [-0.2, 0) is 20.8 Å². The van der Waals surface area contributed by atoms with Crippen LogP contribution >= 0.6 is 0 Å². The Labute approximate surface area is 196 Å². The summed E-state index contributed by atoms with van der Waals surface area (Å²) in [6, 6.07) is 6.17. The minimum Gasteiger partial charge on any atom is -0.497 e. The molecule has 0 spiro atoms. The number of hydrogen-bond donors (Lipinski definition) is 4. The van der Waals surface area contributed by atoms with Gasteiger partial charge >= 0.3 is 0 Å². The molecule has 9 nitrogen and oxygen atoms in total. The molecule has 5 N–H and O–H groups in total. The van der Waals surface area contributed by atoms with Crippen LogP contribution in [0.1, 0.15) is 45.1 Å². The molecule has 0 aromatic heterocycles. The molecule has 0 saturated carbocycles. The van der Waals surface area contributed by atoms with Gasteiger partial charge in [-0.05, 0) is 49.8 Å². The summed E-state index contributed by atoms with van der Waals surface area (Å²) in [4.78, 5) is 39.7. The Morgan fingerprint density at radius 3 is 2.42 bits per heavy atom. The van der Waals surface area contributed by atoms with Crippen LogP contribution in [0.3, 0.4) is 0 Å². The molecule has 1 aromatic carbocycles. The number of carbonyl (C=O) groups excluding carboxylic acids is 3. The van der Waals surface area contributed by atoms with E-state index in [-0.39, 0.29) is 36.9 Å². The number of nitrogens with one attached hydrogen (secondary N) is 2. The molecule has 2 saturated heterocycles. The molecule has 33 heavy (non-hydrogen) atoms. The van der Waals surface area contributed by atoms with Gasteiger partial charge in [0.15, 0.2) is 0 Å². The summed E-state index contributed by atoms with van der Waals surface area (Å²) < 4.78 is 5.15. The second-order valence-corrected chi connectivity index (χ2v) is 8.15. The van der Waals surface area contributed by atoms with Crippen molar-refractivity contribution in [2.75, 3.05) is 26.8 Å². The standard InChI is InChI=1S/C22H32N4O5.C2H6/c1-31-17-7-2-14(3-8-17)10-11-24-21(29)18-9-6-16-5-4-15(13-27)20(22(30)26(16)18)25-19(28)12-23;1-2/h2-3,7-8,15-16,18,20,27H,4-6,9-13,23H2,1H3,(H,24,29)(H,25,28);1-2H3. The number of rotatable bonds is 8. The van der Waals surface area contributed by atoms with Crippen molar-refractivity contribution in [3.8, 4) is 5.75 Å². The summed E-state index contributed by atoms with van der Waals surface area (Å²) in [6.45, 7) is 4.02. The Hall–Kier alpha value is -2.65. The van der Waals surface area contributed by atoms with Gasteiger partial charge in [-0.2, -0.15) is 0 Å². The normalized spacial score (nSPS) is 24.2. The average molecular weight is 463 g/mol. The molecule has 3 amide bonds. The van der Waals surface area contributed by atoms with Crippen molar-refractivity contribution in [3.05, 3.63) is 29.8 Å². The molecule has 0 bridgehead atoms. The molecule has 2 fully saturated rings. The molecule has 2 aliphatic heterocycles. The van der Waals surface area contributed by atoms with Gasteiger partial charge in [0, 0.05) is 25.1 Å². The highest BCUT2D eigenvalue weighted by atomic mass is 16.5. The van der Waals surface area contributed by atoms with E-state index in [9.17, 15) is 19.5 Å². The van der Waals surface area contributed by atoms with Crippen molar-refractivity contribution in [1.29, 1.82) is 0 Å². The lowest BCUT2D eigenvalue weighted by Gasteiger charge is -2.31. The van der Waals surface area contributed by atoms with Gasteiger partial charge in [-0.1, -0.05) is 26.0 Å². The monoisotopic (exact) mass is 462 g/mol. The number of benzene rings is 1. The largest absolute Gasteiger partial charge is 0.497 e. The fourth-order valence-electron chi connectivity index (χ4n) is 4.54. The molecule has 0 aliphatic carbocycles. The molecule has 2 aliphatic rings. The van der Waals surface area contributed by atoms with Crippen molar-refractivity contribution in [2.24, 2.45) is 11.7 Å². The maximum Gasteiger partial charge on any atom is 0.246 e. The second-order valence-electron chi connectivity index (χ2n) is 8.15. The first-order chi connectivity index (χ1) is 16.0. The lowest BCUT2D eigenvalue weighted by atomic mass is 9.94. The van der Waals surface area contributed by atoms with Crippen molar-refractivity contribution < 1.29 is 24.2 Å². The molecule has 4 atom stereocenters. The maximum atomic E-state index is 13.3. The number of hydrogen-bond acceptors (Lipinski definition) is 6. The third kappa shape index (κ3) is 6.68. The second kappa shape index (κ2) is 13.2. The molecule has 2 heterocycles. The predicted octanol–water partition coefficient (Wildman–Crippen LogP) is 0.586. The fraction of sp³-hybridized carbons (Fsp3) is 0.625. The molecule has 184 valence electrons. The molecule has 1 aromatic rings. The van der Waals surface area contributed by atoms with E-state index in [2.05, 4.69) is 10.6 Å². The van der Waals surface area contributed by atoms with Crippen LogP contribution < -0.4 is 21.1 Å². The number of aliphatic hydroxyl groups excluding tert-OH is 1. The number of fused-ring (bicyclic) bond motifs is 1. The van der Waals surface area contributed by atoms with Crippen LogP contribution in [0.15, 0.2) is 24.3 Å². The molecule has 9 heteroatoms. The van der Waals surface area contributed by atoms with E-state index in [1.54, 1.807) is 12.0 Å². The van der Waals surface area contributed by atoms with Gasteiger partial charge in [0.2, 0.25) is 17.7 Å². The number of ether oxygens (including phenoxy) is 1. The summed E-state index contributed by atoms with van der Waals surface area (Å²) in [5.74, 6) is -0.545. The van der Waals surface area contributed by atoms with Crippen LogP contribution in [0.2, 0.25) is 0 Å². The zero-order chi connectivity index (χ0) is 24.4. The summed E-state index contributed by atoms with van der Waals surface area (Å²) in [5.41, 5.74) is 6.47. The molecular weight excluding hydrogens is 424 g/mol. The van der Waals surface area contributed by atoms with Gasteiger partial charge in [-0.15, -0.1) is 0 Å². The van der Waals surface area contributed by atoms with Crippen LogP contribution in [0.4, 0.5) is 0 Å². The molecule has 3 rings (SSSR count). The van der Waals surface area contributed by atoms with Gasteiger partial charge in [-0.3, -0.25) is 14.4 Å². The van der Waals surface area contributed by atoms with Crippen molar-refractivity contribution >= 4 is 17.7 Å². The topological polar surface area (TPSA) is 134 Å². The lowest BCUT2D eigenvalue weighted by Crippen LogP contribution is -2.57. The van der Waals surface area contributed by atoms with E-state index in [0.717, 1.165) is 17.7 Å². The SMILES string of the molecule is CC.COc1ccc(CCNC(=O)C2CCC3CCC(CO)C(NC(=O)CN)C(=O)N32)cc1. The highest BCUT2D eigenvalue weighted by Crippen LogP contribution is 2.33. The number of aliphatic hydroxyl groups is 1. The number of methoxy groups -OCH3 is 1. The minimum atomic E-state index is -0.862. The van der Waals surface area contributed by atoms with E-state index < -0.39 is 18.0 Å². The van der Waals surface area contributed by atoms with E-state index in [4.69, 9.17) is 10.5 Å². The summed E-state index contributed by atoms with van der Waals surface area (Å²) in [5, 5.41) is 15.3. The maximum absolute atomic E-state index is 13.3. The summed E-state index contributed by atoms with van der Waals surface area (Å²) >= 11 is 0. The quantitative estimate of drug-likeness (QED) is 0.447. The molecule has 4 unspecified atom stereocenters. The van der Waals surface area contributed by atoms with Crippen LogP contribution in [0.25, 0.3) is 0 Å². The van der Waals surface area contributed by atoms with Gasteiger partial charge in [0.1, 0.15) is 17.8 Å². The van der Waals surface area contributed by atoms with Crippen LogP contribution in [0, 0.1) is 5.92 Å². The first-order valence-electron chi connectivity index (χ1n) is 11.8. The Morgan fingerprint density at radius 1 is 1.15 bits per heavy atom. The van der Waals surface area contributed by atoms with Crippen molar-refractivity contribution in [1.82, 2.24) is 15.5 Å². The van der Waals surface area contributed by atoms with E-state index in [1.807, 2.05) is 38.1 Å². The number of carbonyl (C=O) groups is 3. The Bertz CT molecular complexity index is 786. The number of nitrogens with zero attached hydrogens (tertiary/aromatic N) is 1. The van der Waals surface area contributed by atoms with Gasteiger partial charge in [-0.25, -0.2) is 0 Å². The minimum absolute atomic E-state index is 0.0568. The summed E-state index contributed by atoms with van der Waals surface area (Å²) in [6.07, 6.45) is 3.29. The van der Waals surface area contributed by atoms with Crippen molar-refractivity contribution in [2.45, 2.75) is 64.1 Å². The first-order valence-corrected chi connectivity index (χ1v) is 11.8. The average Bonchev–Trinajstić information content (AvgIpc) is 3.23. The highest BCUT2D eigenvalue weighted by molar-refractivity contribution is 5.93. The van der Waals surface area contributed by atoms with Gasteiger partial charge < -0.3 is 31.1 Å². The van der Waals surface area contributed by atoms with Crippen LogP contribution in [0.5, 0.6) is 5.75 Å².